The average Bonchev–Trinajstić information content (AvgIpc) is 2.15. The predicted molar refractivity (Wildman–Crippen MR) is 58.4 cm³/mol. The monoisotopic (exact) mass is 208 g/mol. The van der Waals surface area contributed by atoms with E-state index in [0.29, 0.717) is 11.7 Å². The number of para-hydroxylation sites is 1. The number of hydrogen-bond donors (Lipinski definition) is 1. The molecule has 0 fully saturated rings. The third-order valence-corrected chi connectivity index (χ3v) is 2.20. The average molecular weight is 208 g/mol. The summed E-state index contributed by atoms with van der Waals surface area (Å²) in [6.45, 7) is 5.75. The van der Waals surface area contributed by atoms with E-state index in [4.69, 9.17) is 9.84 Å². The first kappa shape index (κ1) is 11.6. The molecule has 0 aliphatic heterocycles. The van der Waals surface area contributed by atoms with Gasteiger partial charge in [-0.2, -0.15) is 0 Å². The van der Waals surface area contributed by atoms with E-state index in [9.17, 15) is 4.79 Å². The summed E-state index contributed by atoms with van der Waals surface area (Å²) in [5, 5.41) is 8.57. The molecule has 0 amide bonds. The van der Waals surface area contributed by atoms with Gasteiger partial charge in [0, 0.05) is 0 Å². The summed E-state index contributed by atoms with van der Waals surface area (Å²) in [4.78, 5) is 10.4. The van der Waals surface area contributed by atoms with Crippen LogP contribution < -0.4 is 4.74 Å². The van der Waals surface area contributed by atoms with Gasteiger partial charge >= 0.3 is 5.97 Å². The van der Waals surface area contributed by atoms with Crippen LogP contribution in [-0.2, 0) is 4.79 Å². The van der Waals surface area contributed by atoms with Gasteiger partial charge in [0.15, 0.2) is 6.61 Å². The molecule has 0 saturated heterocycles. The molecule has 0 radical (unpaired) electrons. The van der Waals surface area contributed by atoms with Crippen molar-refractivity contribution in [3.05, 3.63) is 29.3 Å². The molecule has 0 saturated carbocycles. The van der Waals surface area contributed by atoms with Gasteiger partial charge in [-0.1, -0.05) is 32.0 Å². The van der Waals surface area contributed by atoms with E-state index >= 15 is 0 Å². The van der Waals surface area contributed by atoms with Gasteiger partial charge in [0.2, 0.25) is 0 Å². The molecule has 0 unspecified atom stereocenters. The summed E-state index contributed by atoms with van der Waals surface area (Å²) < 4.78 is 5.29. The number of carboxylic acid groups (broad SMARTS) is 1. The predicted octanol–water partition coefficient (Wildman–Crippen LogP) is 2.58. The highest BCUT2D eigenvalue weighted by molar-refractivity contribution is 5.68. The summed E-state index contributed by atoms with van der Waals surface area (Å²) in [5.74, 6) is 0.0801. The zero-order valence-corrected chi connectivity index (χ0v) is 9.28. The van der Waals surface area contributed by atoms with Crippen LogP contribution in [0.25, 0.3) is 0 Å². The number of aryl methyl sites for hydroxylation is 1. The third kappa shape index (κ3) is 2.98. The Morgan fingerprint density at radius 1 is 1.47 bits per heavy atom. The molecule has 82 valence electrons. The lowest BCUT2D eigenvalue weighted by atomic mass is 10.00. The van der Waals surface area contributed by atoms with Gasteiger partial charge < -0.3 is 9.84 Å². The van der Waals surface area contributed by atoms with Crippen LogP contribution in [-0.4, -0.2) is 17.7 Å². The summed E-state index contributed by atoms with van der Waals surface area (Å²) in [5.41, 5.74) is 2.03. The molecular weight excluding hydrogens is 192 g/mol. The van der Waals surface area contributed by atoms with Gasteiger partial charge in [0.1, 0.15) is 5.75 Å². The van der Waals surface area contributed by atoms with Crippen molar-refractivity contribution in [2.75, 3.05) is 6.61 Å². The fraction of sp³-hybridized carbons (Fsp3) is 0.417. The summed E-state index contributed by atoms with van der Waals surface area (Å²) in [6.07, 6.45) is 0. The van der Waals surface area contributed by atoms with Crippen LogP contribution in [0.5, 0.6) is 5.75 Å². The molecule has 0 atom stereocenters. The van der Waals surface area contributed by atoms with Crippen molar-refractivity contribution in [3.8, 4) is 5.75 Å². The van der Waals surface area contributed by atoms with Gasteiger partial charge in [-0.15, -0.1) is 0 Å². The van der Waals surface area contributed by atoms with E-state index in [1.165, 1.54) is 0 Å². The van der Waals surface area contributed by atoms with Crippen molar-refractivity contribution < 1.29 is 14.6 Å². The fourth-order valence-corrected chi connectivity index (χ4v) is 1.46. The second-order valence-corrected chi connectivity index (χ2v) is 3.83. The van der Waals surface area contributed by atoms with Gasteiger partial charge in [-0.3, -0.25) is 0 Å². The molecule has 0 spiro atoms. The number of hydrogen-bond acceptors (Lipinski definition) is 2. The SMILES string of the molecule is Cc1cccc(C(C)C)c1OCC(=O)O. The Morgan fingerprint density at radius 3 is 2.67 bits per heavy atom. The Hall–Kier alpha value is -1.51. The minimum atomic E-state index is -0.951. The number of carbonyl (C=O) groups is 1. The van der Waals surface area contributed by atoms with E-state index in [1.807, 2.05) is 25.1 Å². The highest BCUT2D eigenvalue weighted by atomic mass is 16.5. The lowest BCUT2D eigenvalue weighted by molar-refractivity contribution is -0.139. The molecule has 0 heterocycles. The number of ether oxygens (including phenoxy) is 1. The van der Waals surface area contributed by atoms with Gasteiger partial charge in [-0.05, 0) is 24.0 Å². The second-order valence-electron chi connectivity index (χ2n) is 3.83. The minimum Gasteiger partial charge on any atom is -0.481 e. The lowest BCUT2D eigenvalue weighted by Crippen LogP contribution is -2.11. The quantitative estimate of drug-likeness (QED) is 0.827. The highest BCUT2D eigenvalue weighted by Crippen LogP contribution is 2.29. The van der Waals surface area contributed by atoms with E-state index in [2.05, 4.69) is 13.8 Å². The lowest BCUT2D eigenvalue weighted by Gasteiger charge is -2.15. The zero-order chi connectivity index (χ0) is 11.4. The van der Waals surface area contributed by atoms with Gasteiger partial charge in [0.25, 0.3) is 0 Å². The number of carboxylic acids is 1. The van der Waals surface area contributed by atoms with Crippen LogP contribution in [0.1, 0.15) is 30.9 Å². The van der Waals surface area contributed by atoms with Gasteiger partial charge in [-0.25, -0.2) is 4.79 Å². The Balaban J connectivity index is 2.97. The third-order valence-electron chi connectivity index (χ3n) is 2.20. The van der Waals surface area contributed by atoms with Crippen molar-refractivity contribution in [2.45, 2.75) is 26.7 Å². The molecular formula is C12H16O3. The first-order valence-corrected chi connectivity index (χ1v) is 4.96. The largest absolute Gasteiger partial charge is 0.481 e. The first-order chi connectivity index (χ1) is 7.02. The number of aliphatic carboxylic acids is 1. The molecule has 15 heavy (non-hydrogen) atoms. The maximum atomic E-state index is 10.4. The number of benzene rings is 1. The molecule has 0 aromatic heterocycles. The summed E-state index contributed by atoms with van der Waals surface area (Å²) >= 11 is 0. The maximum Gasteiger partial charge on any atom is 0.341 e. The maximum absolute atomic E-state index is 10.4. The van der Waals surface area contributed by atoms with Crippen LogP contribution >= 0.6 is 0 Å². The van der Waals surface area contributed by atoms with Crippen LogP contribution in [0.15, 0.2) is 18.2 Å². The van der Waals surface area contributed by atoms with Crippen molar-refractivity contribution in [2.24, 2.45) is 0 Å². The minimum absolute atomic E-state index is 0.287. The Morgan fingerprint density at radius 2 is 2.13 bits per heavy atom. The van der Waals surface area contributed by atoms with Crippen LogP contribution in [0, 0.1) is 6.92 Å². The summed E-state index contributed by atoms with van der Waals surface area (Å²) in [6, 6.07) is 5.84. The second kappa shape index (κ2) is 4.82. The summed E-state index contributed by atoms with van der Waals surface area (Å²) in [7, 11) is 0. The Kier molecular flexibility index (Phi) is 3.72. The Bertz CT molecular complexity index is 356. The van der Waals surface area contributed by atoms with E-state index in [1.54, 1.807) is 0 Å². The van der Waals surface area contributed by atoms with Crippen molar-refractivity contribution in [1.29, 1.82) is 0 Å². The van der Waals surface area contributed by atoms with E-state index < -0.39 is 5.97 Å². The normalized spacial score (nSPS) is 10.4. The Labute approximate surface area is 89.7 Å². The van der Waals surface area contributed by atoms with Gasteiger partial charge in [0.05, 0.1) is 0 Å². The van der Waals surface area contributed by atoms with Crippen LogP contribution in [0.2, 0.25) is 0 Å². The molecule has 1 aromatic carbocycles. The zero-order valence-electron chi connectivity index (χ0n) is 9.28. The van der Waals surface area contributed by atoms with Crippen molar-refractivity contribution in [1.82, 2.24) is 0 Å². The van der Waals surface area contributed by atoms with Crippen LogP contribution in [0.3, 0.4) is 0 Å². The molecule has 0 aliphatic rings. The van der Waals surface area contributed by atoms with Crippen LogP contribution in [0.4, 0.5) is 0 Å². The molecule has 0 aliphatic carbocycles. The number of rotatable bonds is 4. The highest BCUT2D eigenvalue weighted by Gasteiger charge is 2.11. The van der Waals surface area contributed by atoms with Crippen molar-refractivity contribution >= 4 is 5.97 Å². The molecule has 1 aromatic rings. The topological polar surface area (TPSA) is 46.5 Å². The smallest absolute Gasteiger partial charge is 0.341 e. The molecule has 1 N–H and O–H groups in total. The standard InChI is InChI=1S/C12H16O3/c1-8(2)10-6-4-5-9(3)12(10)15-7-11(13)14/h4-6,8H,7H2,1-3H3,(H,13,14). The van der Waals surface area contributed by atoms with E-state index in [-0.39, 0.29) is 6.61 Å². The van der Waals surface area contributed by atoms with Crippen molar-refractivity contribution in [3.63, 3.8) is 0 Å². The molecule has 0 bridgehead atoms. The molecule has 3 heteroatoms. The van der Waals surface area contributed by atoms with E-state index in [0.717, 1.165) is 11.1 Å². The molecule has 1 rings (SSSR count). The molecule has 3 nitrogen and oxygen atoms in total. The first-order valence-electron chi connectivity index (χ1n) is 4.96. The fourth-order valence-electron chi connectivity index (χ4n) is 1.46.